The first-order valence-corrected chi connectivity index (χ1v) is 10.6. The van der Waals surface area contributed by atoms with Crippen molar-refractivity contribution in [3.8, 4) is 0 Å². The van der Waals surface area contributed by atoms with Gasteiger partial charge >= 0.3 is 0 Å². The highest BCUT2D eigenvalue weighted by atomic mass is 32.2. The predicted molar refractivity (Wildman–Crippen MR) is 94.7 cm³/mol. The summed E-state index contributed by atoms with van der Waals surface area (Å²) in [6.07, 6.45) is 2.07. The fourth-order valence-corrected chi connectivity index (χ4v) is 6.89. The molecule has 5 nitrogen and oxygen atoms in total. The molecule has 24 heavy (non-hydrogen) atoms. The Hall–Kier alpha value is -1.41. The summed E-state index contributed by atoms with van der Waals surface area (Å²) in [6.45, 7) is 2.00. The van der Waals surface area contributed by atoms with E-state index < -0.39 is 9.84 Å². The fraction of sp³-hybridized carbons (Fsp3) is 0.500. The van der Waals surface area contributed by atoms with Gasteiger partial charge in [-0.25, -0.2) is 12.8 Å². The molecule has 1 aromatic rings. The molecule has 2 heterocycles. The molecule has 0 bridgehead atoms. The van der Waals surface area contributed by atoms with Crippen LogP contribution >= 0.6 is 11.8 Å². The van der Waals surface area contributed by atoms with Crippen LogP contribution in [0.4, 0.5) is 10.1 Å². The van der Waals surface area contributed by atoms with Crippen molar-refractivity contribution in [1.82, 2.24) is 0 Å². The number of aliphatic imine (C=N–C) groups is 1. The van der Waals surface area contributed by atoms with Crippen LogP contribution in [0.25, 0.3) is 0 Å². The number of amides is 1. The largest absolute Gasteiger partial charge is 0.316 e. The lowest BCUT2D eigenvalue weighted by Gasteiger charge is -2.24. The van der Waals surface area contributed by atoms with E-state index >= 15 is 0 Å². The average molecular weight is 370 g/mol. The lowest BCUT2D eigenvalue weighted by atomic mass is 10.2. The molecule has 0 N–H and O–H groups in total. The topological polar surface area (TPSA) is 66.8 Å². The number of fused-ring (bicyclic) bond motifs is 1. The van der Waals surface area contributed by atoms with E-state index in [2.05, 4.69) is 4.99 Å². The third-order valence-corrected chi connectivity index (χ3v) is 7.35. The van der Waals surface area contributed by atoms with Crippen LogP contribution in [0, 0.1) is 5.82 Å². The lowest BCUT2D eigenvalue weighted by Crippen LogP contribution is -2.37. The zero-order valence-electron chi connectivity index (χ0n) is 13.3. The van der Waals surface area contributed by atoms with Crippen LogP contribution in [0.2, 0.25) is 0 Å². The molecule has 1 amide bonds. The van der Waals surface area contributed by atoms with Gasteiger partial charge in [-0.05, 0) is 30.7 Å². The smallest absolute Gasteiger partial charge is 0.248 e. The minimum Gasteiger partial charge on any atom is -0.316 e. The number of halogens is 1. The monoisotopic (exact) mass is 370 g/mol. The van der Waals surface area contributed by atoms with Crippen LogP contribution in [-0.2, 0) is 14.6 Å². The SMILES string of the molecule is CCCCC(=O)N=C1S[C@@H]2CS(=O)(=O)C[C@H]2N1c1ccc(F)cc1. The van der Waals surface area contributed by atoms with Gasteiger partial charge in [-0.1, -0.05) is 25.1 Å². The Morgan fingerprint density at radius 1 is 1.33 bits per heavy atom. The fourth-order valence-electron chi connectivity index (χ4n) is 2.96. The highest BCUT2D eigenvalue weighted by molar-refractivity contribution is 8.16. The Morgan fingerprint density at radius 3 is 2.71 bits per heavy atom. The number of hydrogen-bond acceptors (Lipinski definition) is 4. The van der Waals surface area contributed by atoms with E-state index in [1.54, 1.807) is 17.0 Å². The van der Waals surface area contributed by atoms with Gasteiger partial charge < -0.3 is 4.90 Å². The number of sulfone groups is 1. The maximum atomic E-state index is 13.2. The molecule has 0 aromatic heterocycles. The van der Waals surface area contributed by atoms with Gasteiger partial charge in [0.25, 0.3) is 0 Å². The molecule has 3 rings (SSSR count). The van der Waals surface area contributed by atoms with Gasteiger partial charge in [-0.2, -0.15) is 4.99 Å². The van der Waals surface area contributed by atoms with Crippen molar-refractivity contribution in [3.05, 3.63) is 30.1 Å². The number of benzene rings is 1. The minimum absolute atomic E-state index is 0.0320. The zero-order valence-corrected chi connectivity index (χ0v) is 14.9. The maximum absolute atomic E-state index is 13.2. The van der Waals surface area contributed by atoms with Crippen molar-refractivity contribution >= 4 is 38.4 Å². The molecular weight excluding hydrogens is 351 g/mol. The summed E-state index contributed by atoms with van der Waals surface area (Å²) < 4.78 is 37.1. The van der Waals surface area contributed by atoms with E-state index in [9.17, 15) is 17.6 Å². The van der Waals surface area contributed by atoms with Crippen LogP contribution < -0.4 is 4.90 Å². The second-order valence-corrected chi connectivity index (χ2v) is 9.40. The van der Waals surface area contributed by atoms with Crippen LogP contribution in [0.1, 0.15) is 26.2 Å². The first-order valence-electron chi connectivity index (χ1n) is 7.93. The number of amidine groups is 1. The molecule has 8 heteroatoms. The van der Waals surface area contributed by atoms with Crippen molar-refractivity contribution in [1.29, 1.82) is 0 Å². The molecule has 2 aliphatic rings. The van der Waals surface area contributed by atoms with Crippen molar-refractivity contribution in [2.45, 2.75) is 37.5 Å². The van der Waals surface area contributed by atoms with Gasteiger partial charge in [0.15, 0.2) is 15.0 Å². The molecule has 1 aromatic carbocycles. The van der Waals surface area contributed by atoms with Crippen molar-refractivity contribution in [3.63, 3.8) is 0 Å². The summed E-state index contributed by atoms with van der Waals surface area (Å²) in [5, 5.41) is 0.380. The second kappa shape index (κ2) is 6.84. The molecule has 0 unspecified atom stereocenters. The maximum Gasteiger partial charge on any atom is 0.248 e. The number of unbranched alkanes of at least 4 members (excludes halogenated alkanes) is 1. The number of rotatable bonds is 4. The number of nitrogens with zero attached hydrogens (tertiary/aromatic N) is 2. The highest BCUT2D eigenvalue weighted by Gasteiger charge is 2.49. The average Bonchev–Trinajstić information content (AvgIpc) is 2.97. The van der Waals surface area contributed by atoms with Gasteiger partial charge in [0.2, 0.25) is 5.91 Å². The van der Waals surface area contributed by atoms with Gasteiger partial charge in [-0.3, -0.25) is 4.79 Å². The molecule has 2 atom stereocenters. The Balaban J connectivity index is 1.92. The van der Waals surface area contributed by atoms with E-state index in [0.717, 1.165) is 12.8 Å². The molecule has 2 fully saturated rings. The van der Waals surface area contributed by atoms with E-state index in [1.165, 1.54) is 23.9 Å². The summed E-state index contributed by atoms with van der Waals surface area (Å²) in [6, 6.07) is 5.58. The standard InChI is InChI=1S/C16H19FN2O3S2/c1-2-3-4-15(20)18-16-19(12-7-5-11(17)6-8-12)13-9-24(21,22)10-14(13)23-16/h5-8,13-14H,2-4,9-10H2,1H3/t13-,14-/m1/s1. The molecule has 0 spiro atoms. The van der Waals surface area contributed by atoms with Gasteiger partial charge in [-0.15, -0.1) is 0 Å². The third kappa shape index (κ3) is 3.64. The van der Waals surface area contributed by atoms with E-state index in [-0.39, 0.29) is 34.5 Å². The van der Waals surface area contributed by atoms with Crippen molar-refractivity contribution in [2.75, 3.05) is 16.4 Å². The van der Waals surface area contributed by atoms with Crippen LogP contribution in [0.5, 0.6) is 0 Å². The van der Waals surface area contributed by atoms with Crippen LogP contribution in [0.3, 0.4) is 0 Å². The number of thioether (sulfide) groups is 1. The van der Waals surface area contributed by atoms with Crippen LogP contribution in [0.15, 0.2) is 29.3 Å². The Bertz CT molecular complexity index is 762. The van der Waals surface area contributed by atoms with Crippen LogP contribution in [-0.4, -0.2) is 42.3 Å². The normalized spacial score (nSPS) is 26.8. The second-order valence-electron chi connectivity index (χ2n) is 6.04. The third-order valence-electron chi connectivity index (χ3n) is 4.14. The van der Waals surface area contributed by atoms with Gasteiger partial charge in [0, 0.05) is 17.4 Å². The summed E-state index contributed by atoms with van der Waals surface area (Å²) in [7, 11) is -3.10. The summed E-state index contributed by atoms with van der Waals surface area (Å²) in [5.74, 6) is -0.445. The molecule has 2 saturated heterocycles. The Morgan fingerprint density at radius 2 is 2.04 bits per heavy atom. The lowest BCUT2D eigenvalue weighted by molar-refractivity contribution is -0.117. The molecule has 2 aliphatic heterocycles. The van der Waals surface area contributed by atoms with E-state index in [1.807, 2.05) is 6.92 Å². The first-order chi connectivity index (χ1) is 11.4. The van der Waals surface area contributed by atoms with E-state index in [4.69, 9.17) is 0 Å². The Kier molecular flexibility index (Phi) is 4.96. The van der Waals surface area contributed by atoms with Gasteiger partial charge in [0.05, 0.1) is 17.5 Å². The van der Waals surface area contributed by atoms with Gasteiger partial charge in [0.1, 0.15) is 5.82 Å². The molecular formula is C16H19FN2O3S2. The highest BCUT2D eigenvalue weighted by Crippen LogP contribution is 2.41. The number of carbonyl (C=O) groups excluding carboxylic acids is 1. The molecule has 0 aliphatic carbocycles. The summed E-state index contributed by atoms with van der Waals surface area (Å²) in [4.78, 5) is 18.0. The molecule has 0 radical (unpaired) electrons. The number of carbonyl (C=O) groups is 1. The van der Waals surface area contributed by atoms with Crippen molar-refractivity contribution < 1.29 is 17.6 Å². The molecule has 0 saturated carbocycles. The summed E-state index contributed by atoms with van der Waals surface area (Å²) in [5.41, 5.74) is 0.663. The summed E-state index contributed by atoms with van der Waals surface area (Å²) >= 11 is 1.33. The quantitative estimate of drug-likeness (QED) is 0.815. The predicted octanol–water partition coefficient (Wildman–Crippen LogP) is 2.62. The number of hydrogen-bond donors (Lipinski definition) is 0. The van der Waals surface area contributed by atoms with E-state index in [0.29, 0.717) is 17.3 Å². The minimum atomic E-state index is -3.10. The number of anilines is 1. The van der Waals surface area contributed by atoms with Crippen molar-refractivity contribution in [2.24, 2.45) is 4.99 Å². The first kappa shape index (κ1) is 17.4. The Labute approximate surface area is 145 Å². The molecule has 130 valence electrons. The zero-order chi connectivity index (χ0) is 17.3.